The summed E-state index contributed by atoms with van der Waals surface area (Å²) in [5.41, 5.74) is 5.24. The van der Waals surface area contributed by atoms with E-state index in [1.54, 1.807) is 12.1 Å². The molecule has 1 aliphatic rings. The molecule has 0 radical (unpaired) electrons. The number of anilines is 2. The van der Waals surface area contributed by atoms with E-state index < -0.39 is 9.84 Å². The number of unbranched alkanes of at least 4 members (excludes halogenated alkanes) is 8. The van der Waals surface area contributed by atoms with Crippen molar-refractivity contribution in [3.8, 4) is 11.4 Å². The SMILES string of the molecule is CCCCCCCCC(CCCCCC)C(=O)OCC(=O)Nc1ccc(-c2nc3n(n2)N=C(C)C3=Nc2ccc(N(CC)CCS(C)(=O)=O)cc2C)cc1. The van der Waals surface area contributed by atoms with E-state index in [0.29, 0.717) is 41.8 Å². The summed E-state index contributed by atoms with van der Waals surface area (Å²) in [7, 11) is -3.07. The molecule has 0 saturated carbocycles. The van der Waals surface area contributed by atoms with Crippen LogP contribution in [0.5, 0.6) is 0 Å². The second-order valence-corrected chi connectivity index (χ2v) is 16.6. The van der Waals surface area contributed by atoms with Gasteiger partial charge in [-0.05, 0) is 81.6 Å². The minimum Gasteiger partial charge on any atom is -0.455 e. The average molecular weight is 762 g/mol. The first-order valence-corrected chi connectivity index (χ1v) is 21.7. The predicted octanol–water partition coefficient (Wildman–Crippen LogP) is 8.30. The van der Waals surface area contributed by atoms with E-state index in [1.165, 1.54) is 36.7 Å². The molecule has 54 heavy (non-hydrogen) atoms. The third kappa shape index (κ3) is 12.9. The maximum atomic E-state index is 13.0. The fourth-order valence-electron chi connectivity index (χ4n) is 6.48. The van der Waals surface area contributed by atoms with Crippen molar-refractivity contribution < 1.29 is 22.7 Å². The van der Waals surface area contributed by atoms with Crippen LogP contribution in [-0.4, -0.2) is 78.3 Å². The van der Waals surface area contributed by atoms with Gasteiger partial charge in [0.2, 0.25) is 5.82 Å². The Balaban J connectivity index is 1.35. The highest BCUT2D eigenvalue weighted by molar-refractivity contribution is 7.90. The maximum Gasteiger partial charge on any atom is 0.309 e. The van der Waals surface area contributed by atoms with E-state index in [1.807, 2.05) is 56.0 Å². The normalized spacial score (nSPS) is 13.8. The number of fused-ring (bicyclic) bond motifs is 1. The zero-order chi connectivity index (χ0) is 39.1. The Kier molecular flexibility index (Phi) is 16.4. The van der Waals surface area contributed by atoms with Crippen LogP contribution >= 0.6 is 0 Å². The number of benzene rings is 2. The van der Waals surface area contributed by atoms with E-state index in [4.69, 9.17) is 14.7 Å². The Morgan fingerprint density at radius 2 is 1.56 bits per heavy atom. The molecule has 4 rings (SSSR count). The molecule has 0 fully saturated rings. The van der Waals surface area contributed by atoms with Gasteiger partial charge in [0.25, 0.3) is 5.91 Å². The van der Waals surface area contributed by atoms with E-state index in [-0.39, 0.29) is 30.2 Å². The largest absolute Gasteiger partial charge is 0.455 e. The zero-order valence-corrected chi connectivity index (χ0v) is 33.9. The highest BCUT2D eigenvalue weighted by Crippen LogP contribution is 2.28. The molecule has 1 atom stereocenters. The van der Waals surface area contributed by atoms with Crippen LogP contribution < -0.4 is 10.2 Å². The first-order valence-electron chi connectivity index (χ1n) is 19.6. The molecule has 2 heterocycles. The summed E-state index contributed by atoms with van der Waals surface area (Å²) in [6, 6.07) is 13.0. The molecule has 1 aliphatic heterocycles. The number of carbonyl (C=O) groups excluding carboxylic acids is 2. The van der Waals surface area contributed by atoms with Gasteiger partial charge in [-0.1, -0.05) is 78.1 Å². The third-order valence-corrected chi connectivity index (χ3v) is 10.6. The quantitative estimate of drug-likeness (QED) is 0.0750. The standard InChI is InChI=1S/C41H59N7O5S/c1-7-10-12-14-15-17-19-33(18-16-13-11-8-2)41(50)53-29-37(49)42-34-22-20-32(21-23-34)39-44-40-38(31(5)45-48(40)46-39)43-36-25-24-35(28-30(36)4)47(9-3)26-27-54(6,51)52/h20-25,28,33H,7-19,26-27,29H2,1-6H3,(H,42,49). The van der Waals surface area contributed by atoms with Crippen LogP contribution in [0.1, 0.15) is 116 Å². The number of amides is 1. The molecule has 13 heteroatoms. The van der Waals surface area contributed by atoms with Crippen LogP contribution in [0.2, 0.25) is 0 Å². The minimum atomic E-state index is -3.07. The first-order chi connectivity index (χ1) is 25.9. The number of rotatable bonds is 23. The lowest BCUT2D eigenvalue weighted by molar-refractivity contribution is -0.152. The number of aromatic nitrogens is 3. The lowest BCUT2D eigenvalue weighted by Gasteiger charge is -2.23. The summed E-state index contributed by atoms with van der Waals surface area (Å²) < 4.78 is 28.9. The third-order valence-electron chi connectivity index (χ3n) is 9.70. The number of nitrogens with zero attached hydrogens (tertiary/aromatic N) is 6. The molecular weight excluding hydrogens is 703 g/mol. The summed E-state index contributed by atoms with van der Waals surface area (Å²) in [6.07, 6.45) is 14.3. The van der Waals surface area contributed by atoms with Crippen LogP contribution in [0.25, 0.3) is 11.4 Å². The number of nitrogens with one attached hydrogen (secondary N) is 1. The number of hydrogen-bond acceptors (Lipinski definition) is 10. The molecule has 1 amide bonds. The van der Waals surface area contributed by atoms with E-state index in [0.717, 1.165) is 73.9 Å². The Labute approximate surface area is 321 Å². The molecule has 3 aromatic rings. The number of carbonyl (C=O) groups is 2. The van der Waals surface area contributed by atoms with Gasteiger partial charge in [-0.15, -0.1) is 9.89 Å². The number of sulfone groups is 1. The molecule has 1 aromatic heterocycles. The topological polar surface area (TPSA) is 148 Å². The van der Waals surface area contributed by atoms with Gasteiger partial charge in [0.05, 0.1) is 23.1 Å². The first kappa shape index (κ1) is 42.4. The monoisotopic (exact) mass is 761 g/mol. The van der Waals surface area contributed by atoms with Gasteiger partial charge in [-0.25, -0.2) is 18.4 Å². The second-order valence-electron chi connectivity index (χ2n) is 14.3. The van der Waals surface area contributed by atoms with Gasteiger partial charge in [-0.2, -0.15) is 5.10 Å². The van der Waals surface area contributed by atoms with Crippen molar-refractivity contribution in [3.05, 3.63) is 53.9 Å². The van der Waals surface area contributed by atoms with Gasteiger partial charge in [0, 0.05) is 36.3 Å². The van der Waals surface area contributed by atoms with Crippen molar-refractivity contribution in [2.45, 2.75) is 112 Å². The number of aryl methyl sites for hydroxylation is 1. The smallest absolute Gasteiger partial charge is 0.309 e. The Bertz CT molecular complexity index is 1870. The van der Waals surface area contributed by atoms with Crippen LogP contribution in [0.15, 0.2) is 52.6 Å². The minimum absolute atomic E-state index is 0.0885. The molecule has 2 aromatic carbocycles. The van der Waals surface area contributed by atoms with Crippen molar-refractivity contribution in [1.82, 2.24) is 14.9 Å². The fourth-order valence-corrected chi connectivity index (χ4v) is 7.03. The summed E-state index contributed by atoms with van der Waals surface area (Å²) >= 11 is 0. The molecule has 12 nitrogen and oxygen atoms in total. The van der Waals surface area contributed by atoms with Crippen LogP contribution in [0, 0.1) is 12.8 Å². The van der Waals surface area contributed by atoms with Crippen molar-refractivity contribution >= 4 is 50.2 Å². The molecule has 0 bridgehead atoms. The summed E-state index contributed by atoms with van der Waals surface area (Å²) in [6.45, 7) is 11.0. The number of hydrogen-bond donors (Lipinski definition) is 1. The predicted molar refractivity (Wildman–Crippen MR) is 219 cm³/mol. The number of ether oxygens (including phenoxy) is 1. The molecule has 0 spiro atoms. The van der Waals surface area contributed by atoms with Crippen molar-refractivity contribution in [2.75, 3.05) is 41.9 Å². The van der Waals surface area contributed by atoms with E-state index in [2.05, 4.69) is 29.4 Å². The maximum absolute atomic E-state index is 13.0. The van der Waals surface area contributed by atoms with Crippen LogP contribution in [0.3, 0.4) is 0 Å². The highest BCUT2D eigenvalue weighted by Gasteiger charge is 2.26. The van der Waals surface area contributed by atoms with Crippen molar-refractivity contribution in [3.63, 3.8) is 0 Å². The lowest BCUT2D eigenvalue weighted by atomic mass is 9.94. The van der Waals surface area contributed by atoms with Gasteiger partial charge >= 0.3 is 5.97 Å². The van der Waals surface area contributed by atoms with Gasteiger partial charge < -0.3 is 15.0 Å². The van der Waals surface area contributed by atoms with Gasteiger partial charge in [0.15, 0.2) is 12.4 Å². The molecule has 1 N–H and O–H groups in total. The van der Waals surface area contributed by atoms with Crippen molar-refractivity contribution in [2.24, 2.45) is 16.0 Å². The summed E-state index contributed by atoms with van der Waals surface area (Å²) in [4.78, 5) is 38.9. The van der Waals surface area contributed by atoms with Gasteiger partial charge in [0.1, 0.15) is 15.5 Å². The molecule has 0 aliphatic carbocycles. The number of aliphatic imine (C=N–C) groups is 1. The zero-order valence-electron chi connectivity index (χ0n) is 33.1. The van der Waals surface area contributed by atoms with Gasteiger partial charge in [-0.3, -0.25) is 9.59 Å². The summed E-state index contributed by atoms with van der Waals surface area (Å²) in [5.74, 6) is 0.253. The molecule has 0 saturated heterocycles. The lowest BCUT2D eigenvalue weighted by Crippen LogP contribution is -2.28. The van der Waals surface area contributed by atoms with Crippen LogP contribution in [-0.2, 0) is 24.2 Å². The summed E-state index contributed by atoms with van der Waals surface area (Å²) in [5, 5.41) is 11.9. The second kappa shape index (κ2) is 20.9. The Morgan fingerprint density at radius 1 is 0.907 bits per heavy atom. The molecule has 294 valence electrons. The fraction of sp³-hybridized carbons (Fsp3) is 0.561. The average Bonchev–Trinajstić information content (AvgIpc) is 3.67. The van der Waals surface area contributed by atoms with Crippen LogP contribution in [0.4, 0.5) is 17.1 Å². The molecular formula is C41H59N7O5S. The van der Waals surface area contributed by atoms with Crippen molar-refractivity contribution in [1.29, 1.82) is 0 Å². The van der Waals surface area contributed by atoms with E-state index in [9.17, 15) is 18.0 Å². The number of esters is 1. The molecule has 1 unspecified atom stereocenters. The Morgan fingerprint density at radius 3 is 2.19 bits per heavy atom. The highest BCUT2D eigenvalue weighted by atomic mass is 32.2. The van der Waals surface area contributed by atoms with E-state index >= 15 is 0 Å². The Hall–Kier alpha value is -4.39.